The molecule has 0 saturated heterocycles. The number of ether oxygens (including phenoxy) is 2. The van der Waals surface area contributed by atoms with Gasteiger partial charge in [0.25, 0.3) is 5.91 Å². The minimum Gasteiger partial charge on any atom is -0.493 e. The monoisotopic (exact) mass is 542 g/mol. The number of benzene rings is 3. The van der Waals surface area contributed by atoms with Gasteiger partial charge in [0.15, 0.2) is 23.3 Å². The van der Waals surface area contributed by atoms with Gasteiger partial charge in [-0.05, 0) is 45.3 Å². The number of carbonyl (C=O) groups excluding carboxylic acids is 2. The van der Waals surface area contributed by atoms with E-state index in [4.69, 9.17) is 15.2 Å². The number of nitrogens with two attached hydrogens (primary N) is 1. The van der Waals surface area contributed by atoms with Crippen molar-refractivity contribution in [3.63, 3.8) is 0 Å². The van der Waals surface area contributed by atoms with Gasteiger partial charge in [0.05, 0.1) is 20.6 Å². The Morgan fingerprint density at radius 1 is 0.950 bits per heavy atom. The Hall–Kier alpha value is -5.26. The van der Waals surface area contributed by atoms with Gasteiger partial charge in [0.2, 0.25) is 5.91 Å². The van der Waals surface area contributed by atoms with Gasteiger partial charge in [-0.3, -0.25) is 9.59 Å². The standard InChI is InChI=1S/C28H30N8O4/c1-39-23-12-11-19(15-24(23)40-2)16-25(37)32-28(29)31-22(14-18-7-4-3-5-8-18)27(38)30-17-20-9-6-10-21(13-20)26-33-35-36-34-26/h3-13,15,22H,14,16-17H2,1-2H3,(H,30,38)(H3,29,31,32,37)(H,33,34,35,36). The number of hydrogen-bond acceptors (Lipinski definition) is 7. The van der Waals surface area contributed by atoms with E-state index in [2.05, 4.69) is 36.3 Å². The van der Waals surface area contributed by atoms with Crippen molar-refractivity contribution in [3.8, 4) is 22.9 Å². The molecule has 206 valence electrons. The van der Waals surface area contributed by atoms with Crippen LogP contribution >= 0.6 is 0 Å². The largest absolute Gasteiger partial charge is 0.493 e. The maximum absolute atomic E-state index is 13.2. The minimum absolute atomic E-state index is 0.00463. The van der Waals surface area contributed by atoms with E-state index in [0.29, 0.717) is 29.3 Å². The lowest BCUT2D eigenvalue weighted by atomic mass is 10.0. The molecular weight excluding hydrogens is 512 g/mol. The number of aliphatic imine (C=N–C) groups is 1. The number of aromatic nitrogens is 4. The second-order valence-electron chi connectivity index (χ2n) is 8.81. The molecule has 0 bridgehead atoms. The first-order valence-corrected chi connectivity index (χ1v) is 12.4. The summed E-state index contributed by atoms with van der Waals surface area (Å²) in [4.78, 5) is 29.8. The number of methoxy groups -OCH3 is 2. The van der Waals surface area contributed by atoms with Crippen LogP contribution in [0.2, 0.25) is 0 Å². The summed E-state index contributed by atoms with van der Waals surface area (Å²) in [6.07, 6.45) is 0.325. The normalized spacial score (nSPS) is 11.9. The van der Waals surface area contributed by atoms with E-state index in [0.717, 1.165) is 16.7 Å². The van der Waals surface area contributed by atoms with E-state index in [1.807, 2.05) is 54.6 Å². The molecule has 12 nitrogen and oxygen atoms in total. The average molecular weight is 543 g/mol. The van der Waals surface area contributed by atoms with Crippen molar-refractivity contribution in [1.82, 2.24) is 31.3 Å². The molecule has 5 N–H and O–H groups in total. The Kier molecular flexibility index (Phi) is 9.38. The highest BCUT2D eigenvalue weighted by Gasteiger charge is 2.20. The summed E-state index contributed by atoms with van der Waals surface area (Å²) in [5.41, 5.74) is 9.32. The molecule has 0 spiro atoms. The summed E-state index contributed by atoms with van der Waals surface area (Å²) >= 11 is 0. The fourth-order valence-corrected chi connectivity index (χ4v) is 4.03. The lowest BCUT2D eigenvalue weighted by molar-refractivity contribution is -0.123. The van der Waals surface area contributed by atoms with Gasteiger partial charge in [-0.1, -0.05) is 54.6 Å². The summed E-state index contributed by atoms with van der Waals surface area (Å²) < 4.78 is 10.5. The molecule has 12 heteroatoms. The van der Waals surface area contributed by atoms with Gasteiger partial charge >= 0.3 is 0 Å². The van der Waals surface area contributed by atoms with Crippen LogP contribution in [0.1, 0.15) is 16.7 Å². The molecular formula is C28H30N8O4. The first kappa shape index (κ1) is 27.8. The number of guanidine groups is 1. The van der Waals surface area contributed by atoms with Crippen LogP contribution in [0.5, 0.6) is 11.5 Å². The molecule has 3 aromatic carbocycles. The van der Waals surface area contributed by atoms with Crippen molar-refractivity contribution >= 4 is 17.8 Å². The van der Waals surface area contributed by atoms with Crippen LogP contribution in [0.3, 0.4) is 0 Å². The van der Waals surface area contributed by atoms with Crippen LogP contribution in [0.25, 0.3) is 11.4 Å². The second-order valence-corrected chi connectivity index (χ2v) is 8.81. The Morgan fingerprint density at radius 3 is 2.45 bits per heavy atom. The molecule has 1 heterocycles. The van der Waals surface area contributed by atoms with Crippen molar-refractivity contribution in [2.75, 3.05) is 14.2 Å². The lowest BCUT2D eigenvalue weighted by Gasteiger charge is -2.19. The number of rotatable bonds is 11. The summed E-state index contributed by atoms with van der Waals surface area (Å²) in [5.74, 6) is 0.654. The Balaban J connectivity index is 1.43. The topological polar surface area (TPSA) is 170 Å². The van der Waals surface area contributed by atoms with E-state index in [1.165, 1.54) is 14.2 Å². The minimum atomic E-state index is -0.776. The van der Waals surface area contributed by atoms with Gasteiger partial charge in [-0.15, -0.1) is 5.10 Å². The second kappa shape index (κ2) is 13.5. The third-order valence-corrected chi connectivity index (χ3v) is 5.98. The summed E-state index contributed by atoms with van der Waals surface area (Å²) in [7, 11) is 3.06. The van der Waals surface area contributed by atoms with Crippen molar-refractivity contribution < 1.29 is 19.1 Å². The van der Waals surface area contributed by atoms with Gasteiger partial charge in [-0.2, -0.15) is 4.99 Å². The zero-order chi connectivity index (χ0) is 28.3. The maximum atomic E-state index is 13.2. The van der Waals surface area contributed by atoms with Crippen LogP contribution in [-0.2, 0) is 29.0 Å². The summed E-state index contributed by atoms with van der Waals surface area (Å²) in [6.45, 7) is 0.260. The third kappa shape index (κ3) is 7.63. The van der Waals surface area contributed by atoms with Crippen LogP contribution in [0.15, 0.2) is 77.8 Å². The smallest absolute Gasteiger partial charge is 0.253 e. The number of tetrazole rings is 1. The average Bonchev–Trinajstić information content (AvgIpc) is 3.51. The number of amides is 2. The van der Waals surface area contributed by atoms with Gasteiger partial charge < -0.3 is 25.8 Å². The predicted octanol–water partition coefficient (Wildman–Crippen LogP) is 1.78. The molecule has 0 fully saturated rings. The third-order valence-electron chi connectivity index (χ3n) is 5.98. The van der Waals surface area contributed by atoms with E-state index < -0.39 is 11.9 Å². The molecule has 4 aromatic rings. The molecule has 0 aliphatic rings. The number of carbonyl (C=O) groups is 2. The maximum Gasteiger partial charge on any atom is 0.253 e. The first-order chi connectivity index (χ1) is 19.4. The first-order valence-electron chi connectivity index (χ1n) is 12.4. The van der Waals surface area contributed by atoms with Crippen LogP contribution in [-0.4, -0.2) is 58.7 Å². The zero-order valence-corrected chi connectivity index (χ0v) is 22.1. The highest BCUT2D eigenvalue weighted by atomic mass is 16.5. The van der Waals surface area contributed by atoms with E-state index in [-0.39, 0.29) is 24.8 Å². The molecule has 1 atom stereocenters. The summed E-state index contributed by atoms with van der Waals surface area (Å²) in [5, 5.41) is 19.7. The fourth-order valence-electron chi connectivity index (χ4n) is 4.03. The number of aromatic amines is 1. The number of nitrogens with zero attached hydrogens (tertiary/aromatic N) is 4. The summed E-state index contributed by atoms with van der Waals surface area (Å²) in [6, 6.07) is 21.4. The molecule has 0 radical (unpaired) electrons. The number of hydrogen-bond donors (Lipinski definition) is 4. The van der Waals surface area contributed by atoms with Crippen LogP contribution in [0.4, 0.5) is 0 Å². The van der Waals surface area contributed by atoms with E-state index in [1.54, 1.807) is 18.2 Å². The molecule has 0 saturated carbocycles. The Morgan fingerprint density at radius 2 is 1.73 bits per heavy atom. The molecule has 0 aliphatic carbocycles. The van der Waals surface area contributed by atoms with Gasteiger partial charge in [0, 0.05) is 18.5 Å². The van der Waals surface area contributed by atoms with Crippen LogP contribution < -0.4 is 25.8 Å². The van der Waals surface area contributed by atoms with Crippen molar-refractivity contribution in [2.24, 2.45) is 10.7 Å². The zero-order valence-electron chi connectivity index (χ0n) is 22.1. The Labute approximate surface area is 231 Å². The SMILES string of the molecule is COc1ccc(CC(=O)N=C(N)NC(Cc2ccccc2)C(=O)NCc2cccc(-c3nnn[nH]3)c2)cc1OC. The Bertz CT molecular complexity index is 1460. The quantitative estimate of drug-likeness (QED) is 0.163. The lowest BCUT2D eigenvalue weighted by Crippen LogP contribution is -2.50. The molecule has 1 aromatic heterocycles. The molecule has 40 heavy (non-hydrogen) atoms. The highest BCUT2D eigenvalue weighted by molar-refractivity contribution is 5.95. The van der Waals surface area contributed by atoms with Crippen molar-refractivity contribution in [3.05, 3.63) is 89.5 Å². The van der Waals surface area contributed by atoms with Gasteiger partial charge in [0.1, 0.15) is 6.04 Å². The van der Waals surface area contributed by atoms with Gasteiger partial charge in [-0.25, -0.2) is 5.10 Å². The molecule has 4 rings (SSSR count). The molecule has 2 amide bonds. The van der Waals surface area contributed by atoms with Crippen LogP contribution in [0, 0.1) is 0 Å². The van der Waals surface area contributed by atoms with E-state index >= 15 is 0 Å². The molecule has 0 aliphatic heterocycles. The highest BCUT2D eigenvalue weighted by Crippen LogP contribution is 2.27. The van der Waals surface area contributed by atoms with Crippen molar-refractivity contribution in [2.45, 2.75) is 25.4 Å². The van der Waals surface area contributed by atoms with Crippen molar-refractivity contribution in [1.29, 1.82) is 0 Å². The number of H-pyrrole nitrogens is 1. The predicted molar refractivity (Wildman–Crippen MR) is 148 cm³/mol. The van der Waals surface area contributed by atoms with E-state index in [9.17, 15) is 9.59 Å². The molecule has 1 unspecified atom stereocenters. The number of nitrogens with one attached hydrogen (secondary N) is 3. The fraction of sp³-hybridized carbons (Fsp3) is 0.214.